The predicted molar refractivity (Wildman–Crippen MR) is 146 cm³/mol. The van der Waals surface area contributed by atoms with Gasteiger partial charge in [-0.3, -0.25) is 9.36 Å². The first-order chi connectivity index (χ1) is 17.0. The third kappa shape index (κ3) is 5.00. The summed E-state index contributed by atoms with van der Waals surface area (Å²) in [5.41, 5.74) is 5.13. The third-order valence-electron chi connectivity index (χ3n) is 6.51. The lowest BCUT2D eigenvalue weighted by Crippen LogP contribution is -2.39. The molecule has 5 nitrogen and oxygen atoms in total. The van der Waals surface area contributed by atoms with Gasteiger partial charge in [0, 0.05) is 0 Å². The molecule has 0 unspecified atom stereocenters. The molecule has 1 aliphatic heterocycles. The molecule has 0 radical (unpaired) electrons. The molecule has 0 saturated carbocycles. The van der Waals surface area contributed by atoms with Gasteiger partial charge in [-0.25, -0.2) is 9.79 Å². The minimum absolute atomic E-state index is 0.0595. The smallest absolute Gasteiger partial charge is 0.338 e. The van der Waals surface area contributed by atoms with Gasteiger partial charge >= 0.3 is 5.97 Å². The molecule has 6 heteroatoms. The van der Waals surface area contributed by atoms with Gasteiger partial charge in [0.05, 0.1) is 28.5 Å². The van der Waals surface area contributed by atoms with E-state index in [1.54, 1.807) is 11.5 Å². The fraction of sp³-hybridized carbons (Fsp3) is 0.367. The van der Waals surface area contributed by atoms with Gasteiger partial charge in [0.2, 0.25) is 0 Å². The predicted octanol–water partition coefficient (Wildman–Crippen LogP) is 5.22. The summed E-state index contributed by atoms with van der Waals surface area (Å²) in [4.78, 5) is 32.0. The Kier molecular flexibility index (Phi) is 7.19. The molecule has 4 rings (SSSR count). The Morgan fingerprint density at radius 1 is 1.11 bits per heavy atom. The lowest BCUT2D eigenvalue weighted by atomic mass is 9.87. The molecule has 0 saturated heterocycles. The van der Waals surface area contributed by atoms with Crippen molar-refractivity contribution in [1.29, 1.82) is 0 Å². The van der Waals surface area contributed by atoms with E-state index < -0.39 is 12.0 Å². The highest BCUT2D eigenvalue weighted by atomic mass is 32.1. The number of hydrogen-bond acceptors (Lipinski definition) is 5. The fourth-order valence-electron chi connectivity index (χ4n) is 4.40. The van der Waals surface area contributed by atoms with Gasteiger partial charge in [0.1, 0.15) is 0 Å². The van der Waals surface area contributed by atoms with Crippen molar-refractivity contribution < 1.29 is 9.53 Å². The minimum atomic E-state index is -0.591. The van der Waals surface area contributed by atoms with Crippen molar-refractivity contribution in [2.75, 3.05) is 6.61 Å². The molecule has 1 aliphatic rings. The second-order valence-electron chi connectivity index (χ2n) is 10.5. The Balaban J connectivity index is 1.88. The maximum atomic E-state index is 13.7. The molecule has 0 bridgehead atoms. The topological polar surface area (TPSA) is 60.7 Å². The quantitative estimate of drug-likeness (QED) is 0.450. The average molecular weight is 503 g/mol. The number of allylic oxidation sites excluding steroid dienone is 1. The highest BCUT2D eigenvalue weighted by Gasteiger charge is 2.33. The second-order valence-corrected chi connectivity index (χ2v) is 11.5. The van der Waals surface area contributed by atoms with Gasteiger partial charge in [-0.15, -0.1) is 0 Å². The lowest BCUT2D eigenvalue weighted by molar-refractivity contribution is -0.139. The number of rotatable bonds is 5. The molecular formula is C30H34N2O3S. The molecule has 1 aromatic heterocycles. The number of fused-ring (bicyclic) bond motifs is 1. The number of carbonyl (C=O) groups excluding carboxylic acids is 1. The van der Waals surface area contributed by atoms with Gasteiger partial charge in [0.25, 0.3) is 5.56 Å². The molecule has 0 N–H and O–H groups in total. The summed E-state index contributed by atoms with van der Waals surface area (Å²) in [5.74, 6) is -0.0590. The average Bonchev–Trinajstić information content (AvgIpc) is 3.12. The Hall–Kier alpha value is -3.25. The molecule has 0 amide bonds. The van der Waals surface area contributed by atoms with Crippen LogP contribution in [-0.2, 0) is 14.9 Å². The molecule has 2 aromatic carbocycles. The summed E-state index contributed by atoms with van der Waals surface area (Å²) in [6.45, 7) is 14.7. The van der Waals surface area contributed by atoms with Crippen molar-refractivity contribution in [2.45, 2.75) is 65.8 Å². The molecule has 0 spiro atoms. The molecule has 2 heterocycles. The number of thiazole rings is 1. The number of nitrogens with zero attached hydrogens (tertiary/aromatic N) is 2. The van der Waals surface area contributed by atoms with Gasteiger partial charge in [-0.1, -0.05) is 94.5 Å². The van der Waals surface area contributed by atoms with E-state index in [0.717, 1.165) is 11.1 Å². The summed E-state index contributed by atoms with van der Waals surface area (Å²) >= 11 is 1.35. The summed E-state index contributed by atoms with van der Waals surface area (Å²) in [6.07, 6.45) is 1.90. The highest BCUT2D eigenvalue weighted by Crippen LogP contribution is 2.31. The van der Waals surface area contributed by atoms with Crippen LogP contribution >= 0.6 is 11.3 Å². The number of ether oxygens (including phenoxy) is 1. The molecular weight excluding hydrogens is 468 g/mol. The maximum Gasteiger partial charge on any atom is 0.338 e. The molecule has 0 fully saturated rings. The van der Waals surface area contributed by atoms with Crippen molar-refractivity contribution in [3.05, 3.63) is 102 Å². The summed E-state index contributed by atoms with van der Waals surface area (Å²) in [6, 6.07) is 15.8. The first-order valence-corrected chi connectivity index (χ1v) is 13.2. The zero-order valence-corrected chi connectivity index (χ0v) is 22.9. The molecule has 36 heavy (non-hydrogen) atoms. The van der Waals surface area contributed by atoms with Gasteiger partial charge < -0.3 is 4.74 Å². The van der Waals surface area contributed by atoms with Crippen LogP contribution in [0.4, 0.5) is 0 Å². The maximum absolute atomic E-state index is 13.7. The Morgan fingerprint density at radius 3 is 2.31 bits per heavy atom. The fourth-order valence-corrected chi connectivity index (χ4v) is 5.45. The van der Waals surface area contributed by atoms with E-state index in [-0.39, 0.29) is 17.6 Å². The summed E-state index contributed by atoms with van der Waals surface area (Å²) in [5, 5.41) is 0. The van der Waals surface area contributed by atoms with E-state index in [0.29, 0.717) is 26.5 Å². The Bertz CT molecular complexity index is 1480. The van der Waals surface area contributed by atoms with Crippen molar-refractivity contribution >= 4 is 23.4 Å². The SMILES string of the molecule is CCOC(=O)C1=C(C)N=c2s/c(=C\c3ccc(C(C)(C)C)cc3)c(=O)n2[C@H]1c1ccc(C(C)C)cc1. The van der Waals surface area contributed by atoms with Gasteiger partial charge in [-0.2, -0.15) is 0 Å². The largest absolute Gasteiger partial charge is 0.463 e. The van der Waals surface area contributed by atoms with E-state index in [4.69, 9.17) is 4.74 Å². The van der Waals surface area contributed by atoms with Crippen LogP contribution in [0.3, 0.4) is 0 Å². The van der Waals surface area contributed by atoms with Crippen LogP contribution in [0.5, 0.6) is 0 Å². The molecule has 1 atom stereocenters. The van der Waals surface area contributed by atoms with E-state index in [9.17, 15) is 9.59 Å². The van der Waals surface area contributed by atoms with Crippen LogP contribution in [0.1, 0.15) is 82.7 Å². The lowest BCUT2D eigenvalue weighted by Gasteiger charge is -2.25. The zero-order chi connectivity index (χ0) is 26.2. The molecule has 3 aromatic rings. The first-order valence-electron chi connectivity index (χ1n) is 12.4. The van der Waals surface area contributed by atoms with Crippen LogP contribution in [0.15, 0.2) is 69.6 Å². The van der Waals surface area contributed by atoms with Crippen LogP contribution < -0.4 is 14.9 Å². The number of benzene rings is 2. The van der Waals surface area contributed by atoms with Crippen molar-refractivity contribution in [3.8, 4) is 0 Å². The van der Waals surface area contributed by atoms with Crippen LogP contribution in [0.25, 0.3) is 6.08 Å². The highest BCUT2D eigenvalue weighted by molar-refractivity contribution is 7.07. The monoisotopic (exact) mass is 502 g/mol. The van der Waals surface area contributed by atoms with Gasteiger partial charge in [0.15, 0.2) is 4.80 Å². The number of carbonyl (C=O) groups is 1. The van der Waals surface area contributed by atoms with Gasteiger partial charge in [-0.05, 0) is 53.5 Å². The van der Waals surface area contributed by atoms with Crippen molar-refractivity contribution in [2.24, 2.45) is 4.99 Å². The van der Waals surface area contributed by atoms with Crippen molar-refractivity contribution in [3.63, 3.8) is 0 Å². The Morgan fingerprint density at radius 2 is 1.75 bits per heavy atom. The van der Waals surface area contributed by atoms with Crippen LogP contribution in [0, 0.1) is 0 Å². The first kappa shape index (κ1) is 25.8. The van der Waals surface area contributed by atoms with E-state index >= 15 is 0 Å². The number of esters is 1. The molecule has 0 aliphatic carbocycles. The van der Waals surface area contributed by atoms with E-state index in [2.05, 4.69) is 63.9 Å². The third-order valence-corrected chi connectivity index (χ3v) is 7.49. The second kappa shape index (κ2) is 10.0. The standard InChI is InChI=1S/C30H34N2O3S/c1-8-35-28(34)25-19(4)31-29-32(26(25)22-13-11-21(12-14-22)18(2)3)27(33)24(36-29)17-20-9-15-23(16-10-20)30(5,6)7/h9-18,26H,8H2,1-7H3/b24-17-/t26-/m0/s1. The van der Waals surface area contributed by atoms with Crippen molar-refractivity contribution in [1.82, 2.24) is 4.57 Å². The number of hydrogen-bond donors (Lipinski definition) is 0. The van der Waals surface area contributed by atoms with E-state index in [1.807, 2.05) is 37.3 Å². The van der Waals surface area contributed by atoms with Crippen LogP contribution in [0.2, 0.25) is 0 Å². The normalized spacial score (nSPS) is 16.2. The number of aromatic nitrogens is 1. The zero-order valence-electron chi connectivity index (χ0n) is 22.1. The van der Waals surface area contributed by atoms with Crippen LogP contribution in [-0.4, -0.2) is 17.1 Å². The molecule has 188 valence electrons. The minimum Gasteiger partial charge on any atom is -0.463 e. The Labute approximate surface area is 216 Å². The summed E-state index contributed by atoms with van der Waals surface area (Å²) in [7, 11) is 0. The summed E-state index contributed by atoms with van der Waals surface area (Å²) < 4.78 is 7.61. The van der Waals surface area contributed by atoms with E-state index in [1.165, 1.54) is 22.5 Å².